The van der Waals surface area contributed by atoms with Gasteiger partial charge in [-0.3, -0.25) is 0 Å². The molecule has 2 rings (SSSR count). The predicted octanol–water partition coefficient (Wildman–Crippen LogP) is 4.52. The molecule has 4 heteroatoms. The average Bonchev–Trinajstić information content (AvgIpc) is 2.28. The number of benzene rings is 2. The second-order valence-corrected chi connectivity index (χ2v) is 5.28. The van der Waals surface area contributed by atoms with Gasteiger partial charge >= 0.3 is 0 Å². The van der Waals surface area contributed by atoms with Gasteiger partial charge in [-0.25, -0.2) is 4.39 Å². The van der Waals surface area contributed by atoms with Crippen LogP contribution in [-0.2, 0) is 6.42 Å². The average molecular weight is 330 g/mol. The molecule has 0 heterocycles. The molecule has 0 fully saturated rings. The minimum absolute atomic E-state index is 0.275. The van der Waals surface area contributed by atoms with Crippen molar-refractivity contribution >= 4 is 27.5 Å². The summed E-state index contributed by atoms with van der Waals surface area (Å²) in [6.07, 6.45) is -0.584. The van der Waals surface area contributed by atoms with Gasteiger partial charge in [-0.1, -0.05) is 45.7 Å². The zero-order valence-corrected chi connectivity index (χ0v) is 11.7. The second kappa shape index (κ2) is 5.83. The van der Waals surface area contributed by atoms with Crippen LogP contribution in [0.2, 0.25) is 5.02 Å². The summed E-state index contributed by atoms with van der Waals surface area (Å²) in [5, 5.41) is 10.7. The molecular formula is C14H11BrClFO. The van der Waals surface area contributed by atoms with E-state index in [2.05, 4.69) is 15.9 Å². The van der Waals surface area contributed by atoms with Crippen molar-refractivity contribution in [3.05, 3.63) is 68.9 Å². The van der Waals surface area contributed by atoms with Gasteiger partial charge in [-0.05, 0) is 29.8 Å². The van der Waals surface area contributed by atoms with E-state index in [0.29, 0.717) is 15.9 Å². The summed E-state index contributed by atoms with van der Waals surface area (Å²) in [5.74, 6) is -0.418. The van der Waals surface area contributed by atoms with Crippen molar-refractivity contribution in [2.45, 2.75) is 12.5 Å². The largest absolute Gasteiger partial charge is 0.388 e. The summed E-state index contributed by atoms with van der Waals surface area (Å²) in [6.45, 7) is 0. The van der Waals surface area contributed by atoms with Gasteiger partial charge in [-0.2, -0.15) is 0 Å². The predicted molar refractivity (Wildman–Crippen MR) is 74.2 cm³/mol. The normalized spacial score (nSPS) is 12.4. The molecule has 2 aromatic carbocycles. The Morgan fingerprint density at radius 1 is 1.22 bits per heavy atom. The van der Waals surface area contributed by atoms with Crippen LogP contribution in [0.15, 0.2) is 46.9 Å². The molecule has 0 saturated heterocycles. The zero-order valence-electron chi connectivity index (χ0n) is 9.41. The van der Waals surface area contributed by atoms with E-state index in [-0.39, 0.29) is 5.56 Å². The first kappa shape index (κ1) is 13.5. The van der Waals surface area contributed by atoms with E-state index in [4.69, 9.17) is 11.6 Å². The van der Waals surface area contributed by atoms with E-state index in [1.807, 2.05) is 6.07 Å². The van der Waals surface area contributed by atoms with Crippen molar-refractivity contribution < 1.29 is 9.50 Å². The highest BCUT2D eigenvalue weighted by molar-refractivity contribution is 9.10. The molecule has 0 saturated carbocycles. The lowest BCUT2D eigenvalue weighted by Gasteiger charge is -2.14. The summed E-state index contributed by atoms with van der Waals surface area (Å²) >= 11 is 9.12. The first-order valence-corrected chi connectivity index (χ1v) is 6.61. The lowest BCUT2D eigenvalue weighted by Crippen LogP contribution is -2.05. The standard InChI is InChI=1S/C14H11BrClFO/c15-11-5-2-6-12(17)14(11)13(18)8-9-3-1-4-10(16)7-9/h1-7,13,18H,8H2. The molecule has 1 unspecified atom stereocenters. The summed E-state index contributed by atoms with van der Waals surface area (Å²) < 4.78 is 14.2. The molecule has 94 valence electrons. The topological polar surface area (TPSA) is 20.2 Å². The van der Waals surface area contributed by atoms with Gasteiger partial charge in [0.2, 0.25) is 0 Å². The molecule has 0 spiro atoms. The van der Waals surface area contributed by atoms with Gasteiger partial charge in [0.05, 0.1) is 6.10 Å². The molecular weight excluding hydrogens is 319 g/mol. The number of hydrogen-bond acceptors (Lipinski definition) is 1. The number of hydrogen-bond donors (Lipinski definition) is 1. The SMILES string of the molecule is OC(Cc1cccc(Cl)c1)c1c(F)cccc1Br. The highest BCUT2D eigenvalue weighted by atomic mass is 79.9. The fraction of sp³-hybridized carbons (Fsp3) is 0.143. The molecule has 2 aromatic rings. The summed E-state index contributed by atoms with van der Waals surface area (Å²) in [5.41, 5.74) is 1.14. The Labute approximate surface area is 118 Å². The number of aliphatic hydroxyl groups excluding tert-OH is 1. The Bertz CT molecular complexity index is 539. The van der Waals surface area contributed by atoms with Gasteiger partial charge in [-0.15, -0.1) is 0 Å². The molecule has 0 aromatic heterocycles. The lowest BCUT2D eigenvalue weighted by atomic mass is 10.0. The van der Waals surface area contributed by atoms with E-state index in [9.17, 15) is 9.50 Å². The fourth-order valence-electron chi connectivity index (χ4n) is 1.82. The van der Waals surface area contributed by atoms with Crippen LogP contribution in [0.25, 0.3) is 0 Å². The number of halogens is 3. The van der Waals surface area contributed by atoms with Crippen molar-refractivity contribution in [2.24, 2.45) is 0 Å². The van der Waals surface area contributed by atoms with Gasteiger partial charge in [0.25, 0.3) is 0 Å². The molecule has 1 N–H and O–H groups in total. The van der Waals surface area contributed by atoms with Crippen LogP contribution in [0.4, 0.5) is 4.39 Å². The molecule has 18 heavy (non-hydrogen) atoms. The Morgan fingerprint density at radius 2 is 1.94 bits per heavy atom. The van der Waals surface area contributed by atoms with Gasteiger partial charge in [0.1, 0.15) is 5.82 Å². The van der Waals surface area contributed by atoms with E-state index < -0.39 is 11.9 Å². The first-order chi connectivity index (χ1) is 8.58. The Morgan fingerprint density at radius 3 is 2.61 bits per heavy atom. The van der Waals surface area contributed by atoms with Crippen molar-refractivity contribution in [1.29, 1.82) is 0 Å². The summed E-state index contributed by atoms with van der Waals surface area (Å²) in [6, 6.07) is 11.8. The molecule has 0 bridgehead atoms. The first-order valence-electron chi connectivity index (χ1n) is 5.44. The Balaban J connectivity index is 2.25. The van der Waals surface area contributed by atoms with Crippen LogP contribution in [0.3, 0.4) is 0 Å². The summed E-state index contributed by atoms with van der Waals surface area (Å²) in [7, 11) is 0. The third kappa shape index (κ3) is 3.10. The minimum atomic E-state index is -0.904. The third-order valence-electron chi connectivity index (χ3n) is 2.65. The number of aliphatic hydroxyl groups is 1. The van der Waals surface area contributed by atoms with Crippen molar-refractivity contribution in [3.8, 4) is 0 Å². The molecule has 0 aliphatic heterocycles. The third-order valence-corrected chi connectivity index (χ3v) is 3.58. The van der Waals surface area contributed by atoms with E-state index in [1.165, 1.54) is 6.07 Å². The van der Waals surface area contributed by atoms with Crippen LogP contribution >= 0.6 is 27.5 Å². The Kier molecular flexibility index (Phi) is 4.38. The van der Waals surface area contributed by atoms with Crippen LogP contribution in [-0.4, -0.2) is 5.11 Å². The molecule has 1 nitrogen and oxygen atoms in total. The summed E-state index contributed by atoms with van der Waals surface area (Å²) in [4.78, 5) is 0. The second-order valence-electron chi connectivity index (χ2n) is 3.99. The van der Waals surface area contributed by atoms with Crippen molar-refractivity contribution in [2.75, 3.05) is 0 Å². The Hall–Kier alpha value is -0.900. The maximum Gasteiger partial charge on any atom is 0.130 e. The fourth-order valence-corrected chi connectivity index (χ4v) is 2.64. The molecule has 1 atom stereocenters. The maximum absolute atomic E-state index is 13.7. The maximum atomic E-state index is 13.7. The molecule has 0 aliphatic rings. The van der Waals surface area contributed by atoms with Crippen LogP contribution in [0.1, 0.15) is 17.2 Å². The number of rotatable bonds is 3. The van der Waals surface area contributed by atoms with Gasteiger partial charge < -0.3 is 5.11 Å². The highest BCUT2D eigenvalue weighted by Crippen LogP contribution is 2.28. The van der Waals surface area contributed by atoms with Crippen molar-refractivity contribution in [1.82, 2.24) is 0 Å². The van der Waals surface area contributed by atoms with Gasteiger partial charge in [0, 0.05) is 21.5 Å². The highest BCUT2D eigenvalue weighted by Gasteiger charge is 2.16. The minimum Gasteiger partial charge on any atom is -0.388 e. The lowest BCUT2D eigenvalue weighted by molar-refractivity contribution is 0.173. The van der Waals surface area contributed by atoms with Gasteiger partial charge in [0.15, 0.2) is 0 Å². The van der Waals surface area contributed by atoms with E-state index in [0.717, 1.165) is 5.56 Å². The van der Waals surface area contributed by atoms with Crippen LogP contribution in [0, 0.1) is 5.82 Å². The molecule has 0 amide bonds. The molecule has 0 aliphatic carbocycles. The van der Waals surface area contributed by atoms with Crippen LogP contribution in [0.5, 0.6) is 0 Å². The monoisotopic (exact) mass is 328 g/mol. The zero-order chi connectivity index (χ0) is 13.1. The van der Waals surface area contributed by atoms with E-state index in [1.54, 1.807) is 30.3 Å². The molecule has 0 radical (unpaired) electrons. The quantitative estimate of drug-likeness (QED) is 0.878. The van der Waals surface area contributed by atoms with E-state index >= 15 is 0 Å². The van der Waals surface area contributed by atoms with Crippen LogP contribution < -0.4 is 0 Å². The van der Waals surface area contributed by atoms with Crippen molar-refractivity contribution in [3.63, 3.8) is 0 Å². The smallest absolute Gasteiger partial charge is 0.130 e.